The van der Waals surface area contributed by atoms with Crippen molar-refractivity contribution in [1.82, 2.24) is 0 Å². The summed E-state index contributed by atoms with van der Waals surface area (Å²) < 4.78 is 0. The molecule has 0 unspecified atom stereocenters. The van der Waals surface area contributed by atoms with E-state index in [4.69, 9.17) is 31.6 Å². The predicted octanol–water partition coefficient (Wildman–Crippen LogP) is -5.91. The molecular weight excluding hydrogens is 622 g/mol. The first-order valence-corrected chi connectivity index (χ1v) is 5.02. The van der Waals surface area contributed by atoms with Crippen molar-refractivity contribution >= 4 is 75.8 Å². The third kappa shape index (κ3) is 1840. The molecule has 0 aliphatic heterocycles. The van der Waals surface area contributed by atoms with E-state index < -0.39 is 0 Å². The summed E-state index contributed by atoms with van der Waals surface area (Å²) in [5.74, 6) is 0. The average molecular weight is 622 g/mol. The first-order chi connectivity index (χ1) is 8.49. The number of thiocyanates is 6. The number of rotatable bonds is 0. The maximum Gasteiger partial charge on any atom is 4.00 e. The summed E-state index contributed by atoms with van der Waals surface area (Å²) in [7, 11) is 0. The summed E-state index contributed by atoms with van der Waals surface area (Å²) in [6.07, 6.45) is 0. The summed E-state index contributed by atoms with van der Waals surface area (Å²) in [6, 6.07) is 0. The SMILES string of the molecule is N#C[S-].N#C[S-].N#C[S-].N#C[S-].N#C[S-].N#C[S-].[K+].[K+].[Pt+4]. The second kappa shape index (κ2) is 148. The van der Waals surface area contributed by atoms with Crippen molar-refractivity contribution in [3.63, 3.8) is 0 Å². The van der Waals surface area contributed by atoms with E-state index in [1.54, 1.807) is 0 Å². The van der Waals surface area contributed by atoms with Crippen LogP contribution in [0.25, 0.3) is 0 Å². The molecule has 102 valence electrons. The van der Waals surface area contributed by atoms with E-state index >= 15 is 0 Å². The van der Waals surface area contributed by atoms with Crippen LogP contribution >= 0.6 is 0 Å². The Bertz CT molecular complexity index is 266. The van der Waals surface area contributed by atoms with E-state index in [1.807, 2.05) is 0 Å². The zero-order valence-electron chi connectivity index (χ0n) is 10.4. The molecule has 6 nitrogen and oxygen atoms in total. The van der Waals surface area contributed by atoms with Crippen molar-refractivity contribution in [2.75, 3.05) is 0 Å². The smallest absolute Gasteiger partial charge is 0.696 e. The monoisotopic (exact) mass is 621 g/mol. The van der Waals surface area contributed by atoms with Gasteiger partial charge < -0.3 is 75.8 Å². The van der Waals surface area contributed by atoms with Gasteiger partial charge >= 0.3 is 124 Å². The van der Waals surface area contributed by atoms with Crippen molar-refractivity contribution in [2.45, 2.75) is 0 Å². The van der Waals surface area contributed by atoms with Crippen molar-refractivity contribution in [1.29, 1.82) is 31.6 Å². The summed E-state index contributed by atoms with van der Waals surface area (Å²) in [5.41, 5.74) is 0. The zero-order valence-corrected chi connectivity index (χ0v) is 23.9. The predicted molar refractivity (Wildman–Crippen MR) is 77.9 cm³/mol. The Morgan fingerprint density at radius 2 is 0.381 bits per heavy atom. The first kappa shape index (κ1) is 56.7. The summed E-state index contributed by atoms with van der Waals surface area (Å²) in [4.78, 5) is 0. The maximum absolute atomic E-state index is 7.13. The van der Waals surface area contributed by atoms with Crippen LogP contribution in [0.2, 0.25) is 0 Å². The molecule has 0 bridgehead atoms. The average Bonchev–Trinajstić information content (AvgIpc) is 2.23. The maximum atomic E-state index is 7.13. The summed E-state index contributed by atoms with van der Waals surface area (Å²) in [6.45, 7) is 0. The minimum absolute atomic E-state index is 0. The number of nitriles is 6. The molecule has 0 radical (unpaired) electrons. The fourth-order valence-corrected chi connectivity index (χ4v) is 0. The Morgan fingerprint density at radius 3 is 0.381 bits per heavy atom. The van der Waals surface area contributed by atoms with E-state index in [-0.39, 0.29) is 124 Å². The topological polar surface area (TPSA) is 143 Å². The third-order valence-corrected chi connectivity index (χ3v) is 0. The van der Waals surface area contributed by atoms with Crippen LogP contribution in [-0.4, -0.2) is 0 Å². The van der Waals surface area contributed by atoms with Crippen LogP contribution in [0.4, 0.5) is 0 Å². The number of nitrogens with zero attached hydrogens (tertiary/aromatic N) is 6. The Morgan fingerprint density at radius 1 is 0.381 bits per heavy atom. The third-order valence-electron chi connectivity index (χ3n) is 0. The zero-order chi connectivity index (χ0) is 16.2. The fraction of sp³-hybridized carbons (Fsp3) is 0. The molecule has 0 aliphatic carbocycles. The molecule has 0 saturated heterocycles. The quantitative estimate of drug-likeness (QED) is 0.144. The second-order valence-corrected chi connectivity index (χ2v) is 1.64. The Labute approximate surface area is 257 Å². The fourth-order valence-electron chi connectivity index (χ4n) is 0. The van der Waals surface area contributed by atoms with Crippen molar-refractivity contribution in [3.05, 3.63) is 0 Å². The molecule has 0 N–H and O–H groups in total. The van der Waals surface area contributed by atoms with Gasteiger partial charge in [-0.2, -0.15) is 0 Å². The van der Waals surface area contributed by atoms with Gasteiger partial charge in [0, 0.05) is 0 Å². The van der Waals surface area contributed by atoms with Crippen molar-refractivity contribution < 1.29 is 124 Å². The molecule has 0 aliphatic rings. The van der Waals surface area contributed by atoms with Crippen LogP contribution < -0.4 is 103 Å². The van der Waals surface area contributed by atoms with E-state index in [0.717, 1.165) is 0 Å². The van der Waals surface area contributed by atoms with Crippen LogP contribution in [0.5, 0.6) is 0 Å². The van der Waals surface area contributed by atoms with E-state index in [9.17, 15) is 0 Å². The molecule has 0 rings (SSSR count). The molecule has 0 saturated carbocycles. The second-order valence-electron chi connectivity index (χ2n) is 0.548. The largest absolute Gasteiger partial charge is 4.00 e. The van der Waals surface area contributed by atoms with Crippen LogP contribution in [0.3, 0.4) is 0 Å². The molecule has 0 heterocycles. The minimum Gasteiger partial charge on any atom is -0.696 e. The summed E-state index contributed by atoms with van der Waals surface area (Å²) in [5, 5.41) is 50.8. The minimum atomic E-state index is 0. The molecule has 0 amide bonds. The van der Waals surface area contributed by atoms with E-state index in [0.29, 0.717) is 0 Å². The van der Waals surface area contributed by atoms with Crippen LogP contribution in [-0.2, 0) is 96.8 Å². The van der Waals surface area contributed by atoms with Crippen LogP contribution in [0, 0.1) is 64.0 Å². The molecule has 15 heteroatoms. The summed E-state index contributed by atoms with van der Waals surface area (Å²) >= 11 is 22.2. The van der Waals surface area contributed by atoms with E-state index in [2.05, 4.69) is 75.8 Å². The Hall–Kier alpha value is 2.22. The van der Waals surface area contributed by atoms with Gasteiger partial charge in [-0.15, -0.1) is 0 Å². The van der Waals surface area contributed by atoms with Gasteiger partial charge in [0.2, 0.25) is 0 Å². The Kier molecular flexibility index (Phi) is 400. The van der Waals surface area contributed by atoms with Gasteiger partial charge in [-0.3, -0.25) is 0 Å². The molecule has 21 heavy (non-hydrogen) atoms. The van der Waals surface area contributed by atoms with Gasteiger partial charge in [0.1, 0.15) is 0 Å². The molecule has 0 aromatic heterocycles. The van der Waals surface area contributed by atoms with Gasteiger partial charge in [-0.05, 0) is 0 Å². The van der Waals surface area contributed by atoms with Crippen LogP contribution in [0.15, 0.2) is 0 Å². The molecule has 0 fully saturated rings. The molecule has 0 atom stereocenters. The number of hydrogen-bond donors (Lipinski definition) is 0. The van der Waals surface area contributed by atoms with E-state index in [1.165, 1.54) is 32.4 Å². The molecule has 0 aromatic rings. The van der Waals surface area contributed by atoms with Gasteiger partial charge in [-0.25, -0.2) is 31.6 Å². The van der Waals surface area contributed by atoms with Gasteiger partial charge in [0.15, 0.2) is 0 Å². The molecule has 0 aromatic carbocycles. The number of hydrogen-bond acceptors (Lipinski definition) is 12. The Balaban J connectivity index is -0.0000000114. The molecular formula is C6K2N6PtS6. The van der Waals surface area contributed by atoms with Gasteiger partial charge in [0.25, 0.3) is 0 Å². The van der Waals surface area contributed by atoms with Gasteiger partial charge in [0.05, 0.1) is 0 Å². The van der Waals surface area contributed by atoms with Crippen molar-refractivity contribution in [3.8, 4) is 32.4 Å². The molecule has 0 spiro atoms. The van der Waals surface area contributed by atoms with Gasteiger partial charge in [-0.1, -0.05) is 32.4 Å². The van der Waals surface area contributed by atoms with Crippen molar-refractivity contribution in [2.24, 2.45) is 0 Å². The first-order valence-electron chi connectivity index (χ1n) is 2.57. The normalized spacial score (nSPS) is 2.00. The van der Waals surface area contributed by atoms with Crippen LogP contribution in [0.1, 0.15) is 0 Å². The standard InChI is InChI=1S/6CHNS.2K.Pt/c6*2-1-3;;;/h6*3H;;;/q;;;;;;2*+1;+4/p-6.